The van der Waals surface area contributed by atoms with Crippen molar-refractivity contribution in [2.45, 2.75) is 53.1 Å². The summed E-state index contributed by atoms with van der Waals surface area (Å²) in [6, 6.07) is 9.98. The molecule has 0 aliphatic carbocycles. The number of nitrogens with zero attached hydrogens (tertiary/aromatic N) is 4. The number of hydrogen-bond donors (Lipinski definition) is 0. The number of carbonyl (C=O) groups is 2. The lowest BCUT2D eigenvalue weighted by molar-refractivity contribution is -0.127. The molecule has 0 spiro atoms. The van der Waals surface area contributed by atoms with Gasteiger partial charge >= 0.3 is 6.09 Å². The molecule has 2 amide bonds. The van der Waals surface area contributed by atoms with Crippen LogP contribution >= 0.6 is 0 Å². The third-order valence-corrected chi connectivity index (χ3v) is 5.90. The van der Waals surface area contributed by atoms with Crippen LogP contribution in [-0.2, 0) is 9.53 Å². The minimum atomic E-state index is -0.498. The molecule has 0 saturated carbocycles. The first-order valence-corrected chi connectivity index (χ1v) is 11.6. The first kappa shape index (κ1) is 24.6. The van der Waals surface area contributed by atoms with Gasteiger partial charge in [-0.25, -0.2) is 9.48 Å². The first-order valence-electron chi connectivity index (χ1n) is 11.6. The van der Waals surface area contributed by atoms with Gasteiger partial charge in [0, 0.05) is 44.0 Å². The van der Waals surface area contributed by atoms with E-state index in [0.29, 0.717) is 25.6 Å². The maximum Gasteiger partial charge on any atom is 0.410 e. The number of benzene rings is 1. The third-order valence-electron chi connectivity index (χ3n) is 5.90. The predicted molar refractivity (Wildman–Crippen MR) is 130 cm³/mol. The number of para-hydroxylation sites is 1. The minimum Gasteiger partial charge on any atom is -0.444 e. The lowest BCUT2D eigenvalue weighted by Crippen LogP contribution is -2.42. The molecule has 1 saturated heterocycles. The van der Waals surface area contributed by atoms with Gasteiger partial charge in [0.05, 0.1) is 11.4 Å². The Labute approximate surface area is 197 Å². The molecule has 1 fully saturated rings. The van der Waals surface area contributed by atoms with Crippen molar-refractivity contribution in [1.29, 1.82) is 0 Å². The van der Waals surface area contributed by atoms with Gasteiger partial charge in [-0.15, -0.1) is 0 Å². The maximum absolute atomic E-state index is 12.8. The highest BCUT2D eigenvalue weighted by Gasteiger charge is 2.26. The van der Waals surface area contributed by atoms with Gasteiger partial charge in [-0.1, -0.05) is 18.2 Å². The summed E-state index contributed by atoms with van der Waals surface area (Å²) in [6.45, 7) is 11.6. The smallest absolute Gasteiger partial charge is 0.410 e. The van der Waals surface area contributed by atoms with Crippen LogP contribution in [0, 0.1) is 19.8 Å². The van der Waals surface area contributed by atoms with Crippen LogP contribution < -0.4 is 0 Å². The average Bonchev–Trinajstić information content (AvgIpc) is 3.05. The lowest BCUT2D eigenvalue weighted by Gasteiger charge is -2.34. The fourth-order valence-corrected chi connectivity index (χ4v) is 4.11. The van der Waals surface area contributed by atoms with E-state index in [1.165, 1.54) is 0 Å². The highest BCUT2D eigenvalue weighted by Crippen LogP contribution is 2.22. The molecule has 33 heavy (non-hydrogen) atoms. The molecule has 0 atom stereocenters. The SMILES string of the molecule is Cc1nn(-c2ccccc2)c(C)c1C=CC(=O)N1CCC(CN(C)C(=O)OC(C)(C)C)CC1. The van der Waals surface area contributed by atoms with E-state index in [1.54, 1.807) is 18.0 Å². The number of carbonyl (C=O) groups excluding carboxylic acids is 2. The molecule has 0 N–H and O–H groups in total. The summed E-state index contributed by atoms with van der Waals surface area (Å²) in [7, 11) is 1.77. The maximum atomic E-state index is 12.8. The van der Waals surface area contributed by atoms with Crippen molar-refractivity contribution in [1.82, 2.24) is 19.6 Å². The van der Waals surface area contributed by atoms with Crippen molar-refractivity contribution in [2.24, 2.45) is 5.92 Å². The van der Waals surface area contributed by atoms with Crippen LogP contribution in [-0.4, -0.2) is 63.9 Å². The summed E-state index contributed by atoms with van der Waals surface area (Å²) in [5, 5.41) is 4.64. The number of aromatic nitrogens is 2. The van der Waals surface area contributed by atoms with Crippen LogP contribution in [0.25, 0.3) is 11.8 Å². The van der Waals surface area contributed by atoms with E-state index < -0.39 is 5.60 Å². The highest BCUT2D eigenvalue weighted by molar-refractivity contribution is 5.92. The molecule has 1 aromatic carbocycles. The Morgan fingerprint density at radius 1 is 1.15 bits per heavy atom. The summed E-state index contributed by atoms with van der Waals surface area (Å²) < 4.78 is 7.34. The van der Waals surface area contributed by atoms with Gasteiger partial charge in [0.15, 0.2) is 0 Å². The van der Waals surface area contributed by atoms with Gasteiger partial charge in [0.25, 0.3) is 0 Å². The Balaban J connectivity index is 1.55. The van der Waals surface area contributed by atoms with Gasteiger partial charge in [-0.05, 0) is 71.6 Å². The predicted octanol–water partition coefficient (Wildman–Crippen LogP) is 4.61. The molecule has 3 rings (SSSR count). The first-order chi connectivity index (χ1) is 15.5. The molecule has 7 heteroatoms. The summed E-state index contributed by atoms with van der Waals surface area (Å²) >= 11 is 0. The minimum absolute atomic E-state index is 0.0141. The van der Waals surface area contributed by atoms with Crippen molar-refractivity contribution >= 4 is 18.1 Å². The third kappa shape index (κ3) is 6.46. The second-order valence-electron chi connectivity index (χ2n) is 9.79. The quantitative estimate of drug-likeness (QED) is 0.622. The van der Waals surface area contributed by atoms with Gasteiger partial charge < -0.3 is 14.5 Å². The van der Waals surface area contributed by atoms with Crippen molar-refractivity contribution in [3.8, 4) is 5.69 Å². The molecular formula is C26H36N4O3. The molecule has 0 bridgehead atoms. The zero-order valence-corrected chi connectivity index (χ0v) is 20.7. The van der Waals surface area contributed by atoms with Crippen LogP contribution in [0.2, 0.25) is 0 Å². The van der Waals surface area contributed by atoms with E-state index in [2.05, 4.69) is 5.10 Å². The Kier molecular flexibility index (Phi) is 7.61. The zero-order chi connectivity index (χ0) is 24.2. The number of ether oxygens (including phenoxy) is 1. The van der Waals surface area contributed by atoms with Crippen molar-refractivity contribution < 1.29 is 14.3 Å². The van der Waals surface area contributed by atoms with Crippen LogP contribution in [0.5, 0.6) is 0 Å². The number of hydrogen-bond acceptors (Lipinski definition) is 4. The van der Waals surface area contributed by atoms with Crippen molar-refractivity contribution in [3.63, 3.8) is 0 Å². The highest BCUT2D eigenvalue weighted by atomic mass is 16.6. The molecule has 178 valence electrons. The molecule has 0 radical (unpaired) electrons. The molecule has 1 aromatic heterocycles. The number of rotatable bonds is 5. The van der Waals surface area contributed by atoms with Gasteiger partial charge in [0.2, 0.25) is 5.91 Å². The van der Waals surface area contributed by atoms with E-state index in [1.807, 2.05) is 80.6 Å². The van der Waals surface area contributed by atoms with Gasteiger partial charge in [0.1, 0.15) is 5.60 Å². The lowest BCUT2D eigenvalue weighted by atomic mass is 9.96. The monoisotopic (exact) mass is 452 g/mol. The molecular weight excluding hydrogens is 416 g/mol. The Morgan fingerprint density at radius 3 is 2.39 bits per heavy atom. The summed E-state index contributed by atoms with van der Waals surface area (Å²) in [6.07, 6.45) is 4.97. The average molecular weight is 453 g/mol. The fourth-order valence-electron chi connectivity index (χ4n) is 4.11. The number of likely N-dealkylation sites (tertiary alicyclic amines) is 1. The zero-order valence-electron chi connectivity index (χ0n) is 20.7. The fraction of sp³-hybridized carbons (Fsp3) is 0.500. The van der Waals surface area contributed by atoms with E-state index in [4.69, 9.17) is 4.74 Å². The Bertz CT molecular complexity index is 997. The number of amides is 2. The van der Waals surface area contributed by atoms with E-state index >= 15 is 0 Å². The molecule has 2 aromatic rings. The number of piperidine rings is 1. The largest absolute Gasteiger partial charge is 0.444 e. The van der Waals surface area contributed by atoms with E-state index in [0.717, 1.165) is 35.5 Å². The van der Waals surface area contributed by atoms with E-state index in [-0.39, 0.29) is 12.0 Å². The van der Waals surface area contributed by atoms with E-state index in [9.17, 15) is 9.59 Å². The summed E-state index contributed by atoms with van der Waals surface area (Å²) in [4.78, 5) is 28.5. The van der Waals surface area contributed by atoms with Crippen LogP contribution in [0.15, 0.2) is 36.4 Å². The summed E-state index contributed by atoms with van der Waals surface area (Å²) in [5.41, 5.74) is 3.38. The second-order valence-corrected chi connectivity index (χ2v) is 9.79. The standard InChI is InChI=1S/C26H36N4O3/c1-19-23(20(2)30(27-19)22-10-8-7-9-11-22)12-13-24(31)29-16-14-21(15-17-29)18-28(6)25(32)33-26(3,4)5/h7-13,21H,14-18H2,1-6H3. The molecule has 1 aliphatic heterocycles. The topological polar surface area (TPSA) is 67.7 Å². The van der Waals surface area contributed by atoms with Gasteiger partial charge in [-0.2, -0.15) is 5.10 Å². The second kappa shape index (κ2) is 10.2. The van der Waals surface area contributed by atoms with Crippen molar-refractivity contribution in [3.05, 3.63) is 53.4 Å². The Morgan fingerprint density at radius 2 is 1.79 bits per heavy atom. The summed E-state index contributed by atoms with van der Waals surface area (Å²) in [5.74, 6) is 0.379. The van der Waals surface area contributed by atoms with Crippen LogP contribution in [0.4, 0.5) is 4.79 Å². The Hall–Kier alpha value is -3.09. The molecule has 1 aliphatic rings. The molecule has 0 unspecified atom stereocenters. The molecule has 2 heterocycles. The molecule has 7 nitrogen and oxygen atoms in total. The van der Waals surface area contributed by atoms with Crippen molar-refractivity contribution in [2.75, 3.05) is 26.7 Å². The normalized spacial score (nSPS) is 15.2. The number of aryl methyl sites for hydroxylation is 1. The van der Waals surface area contributed by atoms with Crippen LogP contribution in [0.1, 0.15) is 50.6 Å². The van der Waals surface area contributed by atoms with Gasteiger partial charge in [-0.3, -0.25) is 4.79 Å². The van der Waals surface area contributed by atoms with Crippen LogP contribution in [0.3, 0.4) is 0 Å².